The van der Waals surface area contributed by atoms with E-state index in [4.69, 9.17) is 0 Å². The van der Waals surface area contributed by atoms with E-state index in [0.29, 0.717) is 6.42 Å². The van der Waals surface area contributed by atoms with Crippen molar-refractivity contribution in [3.05, 3.63) is 47.8 Å². The lowest BCUT2D eigenvalue weighted by Gasteiger charge is -2.69. The number of carbonyl (C=O) groups is 1. The van der Waals surface area contributed by atoms with E-state index in [0.717, 1.165) is 53.9 Å². The first kappa shape index (κ1) is 17.7. The second kappa shape index (κ2) is 5.93. The number of hydrogen-bond donors (Lipinski definition) is 0. The van der Waals surface area contributed by atoms with Crippen LogP contribution in [0, 0.1) is 24.7 Å². The molecule has 1 atom stereocenters. The van der Waals surface area contributed by atoms with Crippen LogP contribution in [0.1, 0.15) is 48.8 Å². The maximum Gasteiger partial charge on any atom is 0.249 e. The van der Waals surface area contributed by atoms with E-state index in [1.807, 2.05) is 37.0 Å². The molecule has 0 spiro atoms. The lowest BCUT2D eigenvalue weighted by Crippen LogP contribution is -2.68. The number of nitrogens with zero attached hydrogens (tertiary/aromatic N) is 7. The van der Waals surface area contributed by atoms with E-state index >= 15 is 0 Å². The summed E-state index contributed by atoms with van der Waals surface area (Å²) in [5, 5.41) is 10.6. The fourth-order valence-corrected chi connectivity index (χ4v) is 5.58. The molecule has 152 valence electrons. The Hall–Kier alpha value is -3.16. The average Bonchev–Trinajstić information content (AvgIpc) is 3.30. The van der Waals surface area contributed by atoms with Gasteiger partial charge in [-0.25, -0.2) is 9.99 Å². The number of hydrogen-bond acceptors (Lipinski definition) is 6. The first-order valence-corrected chi connectivity index (χ1v) is 10.4. The van der Waals surface area contributed by atoms with Gasteiger partial charge in [0, 0.05) is 31.1 Å². The number of fused-ring (bicyclic) bond motifs is 1. The number of carbonyl (C=O) groups excluding carboxylic acids is 1. The fourth-order valence-electron chi connectivity index (χ4n) is 5.58. The van der Waals surface area contributed by atoms with E-state index in [-0.39, 0.29) is 22.8 Å². The van der Waals surface area contributed by atoms with Gasteiger partial charge in [0.1, 0.15) is 11.6 Å². The van der Waals surface area contributed by atoms with Crippen LogP contribution in [0.4, 0.5) is 0 Å². The van der Waals surface area contributed by atoms with Crippen molar-refractivity contribution in [2.24, 2.45) is 15.9 Å². The van der Waals surface area contributed by atoms with E-state index in [1.165, 1.54) is 0 Å². The Morgan fingerprint density at radius 1 is 1.10 bits per heavy atom. The highest BCUT2D eigenvalue weighted by atomic mass is 16.2. The number of amides is 1. The van der Waals surface area contributed by atoms with Crippen LogP contribution in [0.2, 0.25) is 0 Å². The Kier molecular flexibility index (Phi) is 3.50. The highest BCUT2D eigenvalue weighted by Gasteiger charge is 2.72. The van der Waals surface area contributed by atoms with Gasteiger partial charge in [-0.1, -0.05) is 0 Å². The summed E-state index contributed by atoms with van der Waals surface area (Å²) >= 11 is 0. The van der Waals surface area contributed by atoms with Crippen LogP contribution in [-0.2, 0) is 11.3 Å². The molecule has 1 amide bonds. The fraction of sp³-hybridized carbons (Fsp3) is 0.455. The van der Waals surface area contributed by atoms with Gasteiger partial charge in [0.2, 0.25) is 5.91 Å². The largest absolute Gasteiger partial charge is 0.272 e. The van der Waals surface area contributed by atoms with Gasteiger partial charge in [-0.15, -0.1) is 0 Å². The summed E-state index contributed by atoms with van der Waals surface area (Å²) in [6, 6.07) is 3.97. The highest BCUT2D eigenvalue weighted by molar-refractivity contribution is 5.88. The quantitative estimate of drug-likeness (QED) is 0.670. The summed E-state index contributed by atoms with van der Waals surface area (Å²) in [5.74, 6) is 0.133. The second-order valence-electron chi connectivity index (χ2n) is 9.25. The second-order valence-corrected chi connectivity index (χ2v) is 9.25. The third-order valence-corrected chi connectivity index (χ3v) is 6.90. The Morgan fingerprint density at radius 2 is 1.93 bits per heavy atom. The van der Waals surface area contributed by atoms with E-state index in [2.05, 4.69) is 31.2 Å². The molecule has 3 aromatic heterocycles. The van der Waals surface area contributed by atoms with Gasteiger partial charge < -0.3 is 0 Å². The Morgan fingerprint density at radius 3 is 2.70 bits per heavy atom. The first-order valence-electron chi connectivity index (χ1n) is 10.4. The molecule has 3 aromatic rings. The minimum absolute atomic E-state index is 0.133. The molecule has 0 aromatic carbocycles. The van der Waals surface area contributed by atoms with E-state index in [1.54, 1.807) is 17.4 Å². The molecule has 30 heavy (non-hydrogen) atoms. The first-order chi connectivity index (χ1) is 14.5. The maximum atomic E-state index is 13.4. The van der Waals surface area contributed by atoms with Crippen LogP contribution in [0.15, 0.2) is 35.8 Å². The number of aryl methyl sites for hydroxylation is 2. The molecule has 4 heterocycles. The molecule has 2 bridgehead atoms. The number of pyridine rings is 1. The third kappa shape index (κ3) is 2.45. The Bertz CT molecular complexity index is 1180. The zero-order chi connectivity index (χ0) is 20.5. The lowest BCUT2D eigenvalue weighted by molar-refractivity contribution is -0.223. The van der Waals surface area contributed by atoms with Crippen molar-refractivity contribution in [3.8, 4) is 0 Å². The van der Waals surface area contributed by atoms with Gasteiger partial charge in [-0.05, 0) is 50.7 Å². The van der Waals surface area contributed by atoms with E-state index < -0.39 is 0 Å². The standard InChI is InChI=1S/C22H23N7O/c1-14-3-4-18-17(27-14)9-26-28(18)13-21-10-22(11-21,12-21)20(30)29-19(5-6-25-29)16-8-23-15(2)7-24-16/h3-4,6-9,19H,5,10-13H2,1-2H3. The zero-order valence-corrected chi connectivity index (χ0v) is 17.1. The predicted molar refractivity (Wildman–Crippen MR) is 110 cm³/mol. The summed E-state index contributed by atoms with van der Waals surface area (Å²) in [5.41, 5.74) is 4.56. The van der Waals surface area contributed by atoms with Gasteiger partial charge in [-0.3, -0.25) is 19.4 Å². The molecule has 8 nitrogen and oxygen atoms in total. The summed E-state index contributed by atoms with van der Waals surface area (Å²) in [6.07, 6.45) is 10.6. The third-order valence-electron chi connectivity index (χ3n) is 6.90. The van der Waals surface area contributed by atoms with Gasteiger partial charge in [0.05, 0.1) is 34.7 Å². The highest BCUT2D eigenvalue weighted by Crippen LogP contribution is 2.74. The number of rotatable bonds is 4. The predicted octanol–water partition coefficient (Wildman–Crippen LogP) is 2.97. The van der Waals surface area contributed by atoms with Crippen molar-refractivity contribution in [2.75, 3.05) is 0 Å². The molecule has 0 N–H and O–H groups in total. The summed E-state index contributed by atoms with van der Waals surface area (Å²) in [7, 11) is 0. The molecule has 0 saturated heterocycles. The summed E-state index contributed by atoms with van der Waals surface area (Å²) < 4.78 is 2.05. The monoisotopic (exact) mass is 401 g/mol. The molecule has 1 unspecified atom stereocenters. The van der Waals surface area contributed by atoms with Crippen LogP contribution >= 0.6 is 0 Å². The summed E-state index contributed by atoms with van der Waals surface area (Å²) in [6.45, 7) is 4.74. The van der Waals surface area contributed by atoms with Crippen LogP contribution in [0.25, 0.3) is 11.0 Å². The van der Waals surface area contributed by atoms with Gasteiger partial charge in [-0.2, -0.15) is 10.2 Å². The molecule has 3 fully saturated rings. The molecule has 7 rings (SSSR count). The van der Waals surface area contributed by atoms with Gasteiger partial charge in [0.15, 0.2) is 0 Å². The number of hydrazone groups is 1. The van der Waals surface area contributed by atoms with Crippen LogP contribution in [0.5, 0.6) is 0 Å². The van der Waals surface area contributed by atoms with Crippen molar-refractivity contribution in [1.82, 2.24) is 29.7 Å². The topological polar surface area (TPSA) is 89.2 Å². The normalized spacial score (nSPS) is 29.1. The number of aromatic nitrogens is 5. The Labute approximate surface area is 174 Å². The molecule has 3 saturated carbocycles. The molecular formula is C22H23N7O. The van der Waals surface area contributed by atoms with Crippen molar-refractivity contribution in [3.63, 3.8) is 0 Å². The van der Waals surface area contributed by atoms with Crippen LogP contribution in [-0.4, -0.2) is 41.9 Å². The zero-order valence-electron chi connectivity index (χ0n) is 17.1. The van der Waals surface area contributed by atoms with Crippen LogP contribution in [0.3, 0.4) is 0 Å². The smallest absolute Gasteiger partial charge is 0.249 e. The van der Waals surface area contributed by atoms with Crippen molar-refractivity contribution in [2.45, 2.75) is 52.1 Å². The molecule has 1 aliphatic heterocycles. The summed E-state index contributed by atoms with van der Waals surface area (Å²) in [4.78, 5) is 26.7. The molecule has 8 heteroatoms. The van der Waals surface area contributed by atoms with Crippen molar-refractivity contribution in [1.29, 1.82) is 0 Å². The van der Waals surface area contributed by atoms with Crippen molar-refractivity contribution < 1.29 is 4.79 Å². The van der Waals surface area contributed by atoms with Crippen molar-refractivity contribution >= 4 is 23.2 Å². The molecule has 3 aliphatic carbocycles. The SMILES string of the molecule is Cc1cnc(C2CC=NN2C(=O)C23CC(Cn4ncc5nc(C)ccc54)(C2)C3)cn1. The maximum absolute atomic E-state index is 13.4. The molecular weight excluding hydrogens is 378 g/mol. The van der Waals surface area contributed by atoms with Gasteiger partial charge >= 0.3 is 0 Å². The van der Waals surface area contributed by atoms with Crippen LogP contribution < -0.4 is 0 Å². The minimum atomic E-state index is -0.268. The average molecular weight is 401 g/mol. The molecule has 4 aliphatic rings. The minimum Gasteiger partial charge on any atom is -0.272 e. The molecule has 0 radical (unpaired) electrons. The Balaban J connectivity index is 1.17. The van der Waals surface area contributed by atoms with E-state index in [9.17, 15) is 4.79 Å². The van der Waals surface area contributed by atoms with Gasteiger partial charge in [0.25, 0.3) is 0 Å². The lowest BCUT2D eigenvalue weighted by atomic mass is 9.34.